The van der Waals surface area contributed by atoms with Crippen LogP contribution in [-0.4, -0.2) is 64.1 Å². The standard InChI is InChI=1S/C33H37N5O7S2/c1-7-43-24-14-12-23(13-15-24)38-25(17-34-29(40)22-11-10-19(4)20(5)16-22)36-37-33(38)46-18-26(39)35-30-27(31(41)44-8-2)21(6)28(47-30)32(42)45-9-3/h10-16H,7-9,17-18H2,1-6H3,(H,34,40)(H,35,39). The largest absolute Gasteiger partial charge is 0.494 e. The van der Waals surface area contributed by atoms with E-state index in [1.807, 2.05) is 57.2 Å². The first-order chi connectivity index (χ1) is 22.6. The summed E-state index contributed by atoms with van der Waals surface area (Å²) in [5.74, 6) is -0.895. The molecule has 2 amide bonds. The monoisotopic (exact) mass is 679 g/mol. The SMILES string of the molecule is CCOC(=O)c1sc(NC(=O)CSc2nnc(CNC(=O)c3ccc(C)c(C)c3)n2-c2ccc(OCC)cc2)c(C(=O)OCC)c1C. The van der Waals surface area contributed by atoms with Crippen LogP contribution in [0, 0.1) is 20.8 Å². The highest BCUT2D eigenvalue weighted by Gasteiger charge is 2.27. The molecule has 2 heterocycles. The predicted molar refractivity (Wildman–Crippen MR) is 180 cm³/mol. The Kier molecular flexibility index (Phi) is 12.1. The molecule has 47 heavy (non-hydrogen) atoms. The second-order valence-corrected chi connectivity index (χ2v) is 12.1. The van der Waals surface area contributed by atoms with Crippen molar-refractivity contribution in [3.8, 4) is 11.4 Å². The summed E-state index contributed by atoms with van der Waals surface area (Å²) >= 11 is 2.07. The van der Waals surface area contributed by atoms with Crippen molar-refractivity contribution in [2.45, 2.75) is 53.2 Å². The first kappa shape index (κ1) is 35.2. The molecule has 0 aliphatic carbocycles. The molecule has 0 saturated carbocycles. The number of nitrogens with one attached hydrogen (secondary N) is 2. The number of hydrogen-bond donors (Lipinski definition) is 2. The number of aromatic nitrogens is 3. The Morgan fingerprint density at radius 3 is 2.23 bits per heavy atom. The lowest BCUT2D eigenvalue weighted by molar-refractivity contribution is -0.113. The van der Waals surface area contributed by atoms with Gasteiger partial charge in [0.2, 0.25) is 5.91 Å². The van der Waals surface area contributed by atoms with E-state index >= 15 is 0 Å². The number of rotatable bonds is 14. The van der Waals surface area contributed by atoms with E-state index in [0.717, 1.165) is 34.2 Å². The van der Waals surface area contributed by atoms with Crippen LogP contribution in [0.2, 0.25) is 0 Å². The molecule has 0 aliphatic heterocycles. The van der Waals surface area contributed by atoms with Crippen LogP contribution in [-0.2, 0) is 20.8 Å². The number of esters is 2. The van der Waals surface area contributed by atoms with E-state index in [-0.39, 0.29) is 46.9 Å². The first-order valence-electron chi connectivity index (χ1n) is 15.0. The van der Waals surface area contributed by atoms with Gasteiger partial charge in [-0.1, -0.05) is 17.8 Å². The normalized spacial score (nSPS) is 10.8. The number of nitrogens with zero attached hydrogens (tertiary/aromatic N) is 3. The summed E-state index contributed by atoms with van der Waals surface area (Å²) in [6.07, 6.45) is 0. The highest BCUT2D eigenvalue weighted by molar-refractivity contribution is 7.99. The summed E-state index contributed by atoms with van der Waals surface area (Å²) in [6, 6.07) is 12.8. The molecule has 0 aliphatic rings. The van der Waals surface area contributed by atoms with Gasteiger partial charge >= 0.3 is 11.9 Å². The van der Waals surface area contributed by atoms with Gasteiger partial charge in [0.05, 0.1) is 37.7 Å². The van der Waals surface area contributed by atoms with Crippen LogP contribution in [0.25, 0.3) is 5.69 Å². The smallest absolute Gasteiger partial charge is 0.348 e. The summed E-state index contributed by atoms with van der Waals surface area (Å²) in [5, 5.41) is 14.9. The molecule has 12 nitrogen and oxygen atoms in total. The van der Waals surface area contributed by atoms with Crippen molar-refractivity contribution in [2.75, 3.05) is 30.9 Å². The van der Waals surface area contributed by atoms with Gasteiger partial charge in [0.15, 0.2) is 11.0 Å². The van der Waals surface area contributed by atoms with Gasteiger partial charge < -0.3 is 24.8 Å². The van der Waals surface area contributed by atoms with E-state index in [2.05, 4.69) is 20.8 Å². The molecule has 0 saturated heterocycles. The molecule has 4 aromatic rings. The molecule has 0 spiro atoms. The van der Waals surface area contributed by atoms with Crippen LogP contribution in [0.3, 0.4) is 0 Å². The average molecular weight is 680 g/mol. The topological polar surface area (TPSA) is 151 Å². The Bertz CT molecular complexity index is 1770. The molecule has 248 valence electrons. The number of carbonyl (C=O) groups excluding carboxylic acids is 4. The number of aryl methyl sites for hydroxylation is 2. The van der Waals surface area contributed by atoms with Crippen LogP contribution < -0.4 is 15.4 Å². The van der Waals surface area contributed by atoms with E-state index < -0.39 is 17.8 Å². The number of thiophene rings is 1. The van der Waals surface area contributed by atoms with Crippen LogP contribution in [0.4, 0.5) is 5.00 Å². The Morgan fingerprint density at radius 1 is 0.872 bits per heavy atom. The maximum atomic E-state index is 13.2. The number of anilines is 1. The average Bonchev–Trinajstić information content (AvgIpc) is 3.60. The molecule has 0 unspecified atom stereocenters. The summed E-state index contributed by atoms with van der Waals surface area (Å²) in [6.45, 7) is 11.7. The van der Waals surface area contributed by atoms with E-state index in [1.54, 1.807) is 31.4 Å². The second-order valence-electron chi connectivity index (χ2n) is 10.2. The Hall–Kier alpha value is -4.69. The van der Waals surface area contributed by atoms with E-state index in [9.17, 15) is 19.2 Å². The molecule has 2 aromatic carbocycles. The molecule has 4 rings (SSSR count). The summed E-state index contributed by atoms with van der Waals surface area (Å²) in [5.41, 5.74) is 3.82. The van der Waals surface area contributed by atoms with Gasteiger partial charge in [0, 0.05) is 11.3 Å². The van der Waals surface area contributed by atoms with Crippen molar-refractivity contribution >= 4 is 51.9 Å². The van der Waals surface area contributed by atoms with Crippen molar-refractivity contribution in [1.29, 1.82) is 0 Å². The lowest BCUT2D eigenvalue weighted by atomic mass is 10.1. The fourth-order valence-corrected chi connectivity index (χ4v) is 6.38. The highest BCUT2D eigenvalue weighted by atomic mass is 32.2. The van der Waals surface area contributed by atoms with Gasteiger partial charge in [0.1, 0.15) is 15.6 Å². The van der Waals surface area contributed by atoms with E-state index in [1.165, 1.54) is 0 Å². The Morgan fingerprint density at radius 2 is 1.57 bits per heavy atom. The lowest BCUT2D eigenvalue weighted by Crippen LogP contribution is -2.24. The molecular formula is C33H37N5O7S2. The third-order valence-corrected chi connectivity index (χ3v) is 9.07. The zero-order chi connectivity index (χ0) is 34.1. The molecule has 2 aromatic heterocycles. The summed E-state index contributed by atoms with van der Waals surface area (Å²) in [4.78, 5) is 51.6. The molecule has 0 fully saturated rings. The fourth-order valence-electron chi connectivity index (χ4n) is 4.50. The number of benzene rings is 2. The maximum Gasteiger partial charge on any atom is 0.348 e. The second kappa shape index (κ2) is 16.2. The minimum absolute atomic E-state index is 0.0761. The molecule has 0 radical (unpaired) electrons. The molecule has 14 heteroatoms. The van der Waals surface area contributed by atoms with Gasteiger partial charge in [-0.15, -0.1) is 21.5 Å². The quantitative estimate of drug-likeness (QED) is 0.126. The third-order valence-electron chi connectivity index (χ3n) is 6.95. The van der Waals surface area contributed by atoms with Crippen molar-refractivity contribution in [1.82, 2.24) is 20.1 Å². The fraction of sp³-hybridized carbons (Fsp3) is 0.333. The Balaban J connectivity index is 1.56. The van der Waals surface area contributed by atoms with Gasteiger partial charge in [-0.25, -0.2) is 9.59 Å². The van der Waals surface area contributed by atoms with Crippen molar-refractivity contribution < 1.29 is 33.4 Å². The van der Waals surface area contributed by atoms with Gasteiger partial charge in [-0.3, -0.25) is 14.2 Å². The van der Waals surface area contributed by atoms with Gasteiger partial charge in [0.25, 0.3) is 5.91 Å². The van der Waals surface area contributed by atoms with Crippen LogP contribution >= 0.6 is 23.1 Å². The maximum absolute atomic E-state index is 13.2. The first-order valence-corrected chi connectivity index (χ1v) is 16.8. The van der Waals surface area contributed by atoms with Gasteiger partial charge in [-0.2, -0.15) is 0 Å². The number of amides is 2. The highest BCUT2D eigenvalue weighted by Crippen LogP contribution is 2.35. The van der Waals surface area contributed by atoms with Crippen molar-refractivity contribution in [3.05, 3.63) is 81.0 Å². The third kappa shape index (κ3) is 8.57. The lowest BCUT2D eigenvalue weighted by Gasteiger charge is -2.12. The predicted octanol–water partition coefficient (Wildman–Crippen LogP) is 5.67. The number of ether oxygens (including phenoxy) is 3. The number of hydrogen-bond acceptors (Lipinski definition) is 11. The van der Waals surface area contributed by atoms with Gasteiger partial charge in [-0.05, 0) is 94.6 Å². The minimum Gasteiger partial charge on any atom is -0.494 e. The van der Waals surface area contributed by atoms with Crippen molar-refractivity contribution in [3.63, 3.8) is 0 Å². The number of thioether (sulfide) groups is 1. The van der Waals surface area contributed by atoms with Crippen LogP contribution in [0.5, 0.6) is 5.75 Å². The molecule has 0 atom stereocenters. The molecular weight excluding hydrogens is 643 g/mol. The van der Waals surface area contributed by atoms with Crippen LogP contribution in [0.1, 0.15) is 73.7 Å². The minimum atomic E-state index is -0.650. The summed E-state index contributed by atoms with van der Waals surface area (Å²) in [7, 11) is 0. The summed E-state index contributed by atoms with van der Waals surface area (Å²) < 4.78 is 17.6. The van der Waals surface area contributed by atoms with Crippen molar-refractivity contribution in [2.24, 2.45) is 0 Å². The molecule has 0 bridgehead atoms. The Labute approximate surface area is 281 Å². The van der Waals surface area contributed by atoms with E-state index in [0.29, 0.717) is 40.2 Å². The number of carbonyl (C=O) groups is 4. The zero-order valence-corrected chi connectivity index (χ0v) is 28.7. The van der Waals surface area contributed by atoms with E-state index in [4.69, 9.17) is 14.2 Å². The zero-order valence-electron chi connectivity index (χ0n) is 27.1. The van der Waals surface area contributed by atoms with Crippen LogP contribution in [0.15, 0.2) is 47.6 Å². The molecule has 2 N–H and O–H groups in total.